The number of carbonyl (C=O) groups is 1. The zero-order valence-electron chi connectivity index (χ0n) is 11.3. The average Bonchev–Trinajstić information content (AvgIpc) is 2.44. The Morgan fingerprint density at radius 2 is 1.76 bits per heavy atom. The van der Waals surface area contributed by atoms with E-state index in [1.54, 1.807) is 37.3 Å². The van der Waals surface area contributed by atoms with E-state index in [0.29, 0.717) is 22.3 Å². The van der Waals surface area contributed by atoms with Gasteiger partial charge in [-0.25, -0.2) is 4.79 Å². The summed E-state index contributed by atoms with van der Waals surface area (Å²) in [7, 11) is 0. The molecule has 0 saturated heterocycles. The molecule has 110 valence electrons. The highest BCUT2D eigenvalue weighted by molar-refractivity contribution is 6.36. The van der Waals surface area contributed by atoms with Crippen LogP contribution < -0.4 is 10.6 Å². The summed E-state index contributed by atoms with van der Waals surface area (Å²) in [6.07, 6.45) is -0.473. The first kappa shape index (κ1) is 15.5. The molecule has 0 radical (unpaired) electrons. The second-order valence-corrected chi connectivity index (χ2v) is 5.02. The predicted molar refractivity (Wildman–Crippen MR) is 86.8 cm³/mol. The van der Waals surface area contributed by atoms with Crippen molar-refractivity contribution in [3.05, 3.63) is 52.5 Å². The quantitative estimate of drug-likeness (QED) is 0.801. The van der Waals surface area contributed by atoms with E-state index in [4.69, 9.17) is 27.9 Å². The lowest BCUT2D eigenvalue weighted by Gasteiger charge is -2.10. The molecule has 21 heavy (non-hydrogen) atoms. The van der Waals surface area contributed by atoms with E-state index in [-0.39, 0.29) is 0 Å². The average molecular weight is 325 g/mol. The van der Waals surface area contributed by atoms with Gasteiger partial charge in [-0.2, -0.15) is 0 Å². The summed E-state index contributed by atoms with van der Waals surface area (Å²) in [5, 5.41) is 6.91. The van der Waals surface area contributed by atoms with Crippen molar-refractivity contribution in [1.29, 1.82) is 0 Å². The van der Waals surface area contributed by atoms with Gasteiger partial charge in [-0.1, -0.05) is 23.2 Å². The summed E-state index contributed by atoms with van der Waals surface area (Å²) in [5.41, 5.74) is 2.25. The van der Waals surface area contributed by atoms with Crippen molar-refractivity contribution in [2.75, 3.05) is 17.2 Å². The lowest BCUT2D eigenvalue weighted by Crippen LogP contribution is -2.13. The van der Waals surface area contributed by atoms with E-state index >= 15 is 0 Å². The SMILES string of the molecule is CCOC(=O)Nc1ccc(Nc2ccc(Cl)cc2Cl)cc1. The number of nitrogens with one attached hydrogen (secondary N) is 2. The van der Waals surface area contributed by atoms with E-state index in [1.165, 1.54) is 0 Å². The van der Waals surface area contributed by atoms with Gasteiger partial charge in [0.05, 0.1) is 17.3 Å². The Hall–Kier alpha value is -1.91. The molecule has 0 aliphatic heterocycles. The van der Waals surface area contributed by atoms with Crippen molar-refractivity contribution >= 4 is 46.4 Å². The van der Waals surface area contributed by atoms with Gasteiger partial charge in [-0.15, -0.1) is 0 Å². The fraction of sp³-hybridized carbons (Fsp3) is 0.133. The Bertz CT molecular complexity index is 630. The Kier molecular flexibility index (Phi) is 5.31. The minimum Gasteiger partial charge on any atom is -0.450 e. The van der Waals surface area contributed by atoms with E-state index < -0.39 is 6.09 Å². The predicted octanol–water partition coefficient (Wildman–Crippen LogP) is 5.31. The maximum absolute atomic E-state index is 11.3. The number of rotatable bonds is 4. The molecule has 2 aromatic carbocycles. The van der Waals surface area contributed by atoms with Gasteiger partial charge in [0.2, 0.25) is 0 Å². The number of anilines is 3. The first-order valence-corrected chi connectivity index (χ1v) is 7.10. The Morgan fingerprint density at radius 1 is 1.10 bits per heavy atom. The molecule has 0 fully saturated rings. The van der Waals surface area contributed by atoms with Gasteiger partial charge in [0.1, 0.15) is 0 Å². The molecule has 0 aromatic heterocycles. The maximum Gasteiger partial charge on any atom is 0.411 e. The van der Waals surface area contributed by atoms with Crippen LogP contribution in [0.3, 0.4) is 0 Å². The minimum atomic E-state index is -0.473. The maximum atomic E-state index is 11.3. The van der Waals surface area contributed by atoms with Gasteiger partial charge >= 0.3 is 6.09 Å². The zero-order valence-corrected chi connectivity index (χ0v) is 12.8. The number of hydrogen-bond donors (Lipinski definition) is 2. The van der Waals surface area contributed by atoms with Gasteiger partial charge in [0, 0.05) is 16.4 Å². The molecule has 0 saturated carbocycles. The highest BCUT2D eigenvalue weighted by Crippen LogP contribution is 2.28. The lowest BCUT2D eigenvalue weighted by atomic mass is 10.2. The number of hydrogen-bond acceptors (Lipinski definition) is 3. The standard InChI is InChI=1S/C15H14Cl2N2O2/c1-2-21-15(20)19-12-6-4-11(5-7-12)18-14-8-3-10(16)9-13(14)17/h3-9,18H,2H2,1H3,(H,19,20). The molecule has 0 bridgehead atoms. The molecule has 0 heterocycles. The van der Waals surface area contributed by atoms with Crippen LogP contribution in [0.5, 0.6) is 0 Å². The normalized spacial score (nSPS) is 10.0. The van der Waals surface area contributed by atoms with E-state index in [1.807, 2.05) is 12.1 Å². The summed E-state index contributed by atoms with van der Waals surface area (Å²) >= 11 is 11.9. The van der Waals surface area contributed by atoms with Crippen molar-refractivity contribution in [3.8, 4) is 0 Å². The van der Waals surface area contributed by atoms with Gasteiger partial charge in [0.25, 0.3) is 0 Å². The van der Waals surface area contributed by atoms with E-state index in [0.717, 1.165) is 11.4 Å². The molecular weight excluding hydrogens is 311 g/mol. The van der Waals surface area contributed by atoms with Crippen LogP contribution in [0.25, 0.3) is 0 Å². The van der Waals surface area contributed by atoms with Crippen LogP contribution in [-0.2, 0) is 4.74 Å². The first-order chi connectivity index (χ1) is 10.1. The summed E-state index contributed by atoms with van der Waals surface area (Å²) < 4.78 is 4.80. The van der Waals surface area contributed by atoms with Crippen molar-refractivity contribution < 1.29 is 9.53 Å². The third-order valence-electron chi connectivity index (χ3n) is 2.62. The minimum absolute atomic E-state index is 0.334. The van der Waals surface area contributed by atoms with Gasteiger partial charge in [0.15, 0.2) is 0 Å². The third kappa shape index (κ3) is 4.55. The van der Waals surface area contributed by atoms with Crippen molar-refractivity contribution in [1.82, 2.24) is 0 Å². The van der Waals surface area contributed by atoms with Crippen LogP contribution in [0.4, 0.5) is 21.9 Å². The number of halogens is 2. The fourth-order valence-corrected chi connectivity index (χ4v) is 2.12. The van der Waals surface area contributed by atoms with Gasteiger partial charge in [-0.3, -0.25) is 5.32 Å². The molecular formula is C15H14Cl2N2O2. The van der Waals surface area contributed by atoms with E-state index in [2.05, 4.69) is 10.6 Å². The van der Waals surface area contributed by atoms with Crippen LogP contribution >= 0.6 is 23.2 Å². The summed E-state index contributed by atoms with van der Waals surface area (Å²) in [6, 6.07) is 12.4. The second kappa shape index (κ2) is 7.20. The molecule has 2 N–H and O–H groups in total. The second-order valence-electron chi connectivity index (χ2n) is 4.17. The summed E-state index contributed by atoms with van der Waals surface area (Å²) in [5.74, 6) is 0. The smallest absolute Gasteiger partial charge is 0.411 e. The number of benzene rings is 2. The number of carbonyl (C=O) groups excluding carboxylic acids is 1. The molecule has 0 atom stereocenters. The van der Waals surface area contributed by atoms with Crippen LogP contribution in [0.2, 0.25) is 10.0 Å². The zero-order chi connectivity index (χ0) is 15.2. The fourth-order valence-electron chi connectivity index (χ4n) is 1.67. The molecule has 0 aliphatic carbocycles. The largest absolute Gasteiger partial charge is 0.450 e. The van der Waals surface area contributed by atoms with Crippen molar-refractivity contribution in [3.63, 3.8) is 0 Å². The molecule has 0 unspecified atom stereocenters. The monoisotopic (exact) mass is 324 g/mol. The van der Waals surface area contributed by atoms with Crippen molar-refractivity contribution in [2.24, 2.45) is 0 Å². The number of amides is 1. The molecule has 0 spiro atoms. The molecule has 0 aliphatic rings. The molecule has 2 aromatic rings. The van der Waals surface area contributed by atoms with Crippen LogP contribution in [-0.4, -0.2) is 12.7 Å². The highest BCUT2D eigenvalue weighted by atomic mass is 35.5. The Labute approximate surface area is 133 Å². The first-order valence-electron chi connectivity index (χ1n) is 6.34. The topological polar surface area (TPSA) is 50.4 Å². The van der Waals surface area contributed by atoms with Crippen molar-refractivity contribution in [2.45, 2.75) is 6.92 Å². The molecule has 1 amide bonds. The highest BCUT2D eigenvalue weighted by Gasteiger charge is 2.04. The van der Waals surface area contributed by atoms with Crippen LogP contribution in [0.15, 0.2) is 42.5 Å². The van der Waals surface area contributed by atoms with Gasteiger partial charge < -0.3 is 10.1 Å². The summed E-state index contributed by atoms with van der Waals surface area (Å²) in [4.78, 5) is 11.3. The van der Waals surface area contributed by atoms with Gasteiger partial charge in [-0.05, 0) is 49.4 Å². The van der Waals surface area contributed by atoms with Crippen LogP contribution in [0.1, 0.15) is 6.92 Å². The van der Waals surface area contributed by atoms with E-state index in [9.17, 15) is 4.79 Å². The molecule has 6 heteroatoms. The van der Waals surface area contributed by atoms with Crippen LogP contribution in [0, 0.1) is 0 Å². The number of ether oxygens (including phenoxy) is 1. The third-order valence-corrected chi connectivity index (χ3v) is 3.16. The lowest BCUT2D eigenvalue weighted by molar-refractivity contribution is 0.168. The Balaban J connectivity index is 2.03. The summed E-state index contributed by atoms with van der Waals surface area (Å²) in [6.45, 7) is 2.09. The Morgan fingerprint density at radius 3 is 2.38 bits per heavy atom. The molecule has 2 rings (SSSR count). The molecule has 4 nitrogen and oxygen atoms in total.